The molecule has 6 nitrogen and oxygen atoms in total. The van der Waals surface area contributed by atoms with E-state index < -0.39 is 17.1 Å². The molecule has 0 bridgehead atoms. The number of carboxylic acids is 1. The molecule has 122 valence electrons. The average Bonchev–Trinajstić information content (AvgIpc) is 2.83. The molecular formula is C16H10ClN2O4S-. The van der Waals surface area contributed by atoms with Gasteiger partial charge in [0.1, 0.15) is 5.03 Å². The van der Waals surface area contributed by atoms with Crippen LogP contribution >= 0.6 is 23.4 Å². The van der Waals surface area contributed by atoms with E-state index in [9.17, 15) is 19.5 Å². The van der Waals surface area contributed by atoms with Crippen LogP contribution in [0.1, 0.15) is 16.8 Å². The number of hydrogen-bond acceptors (Lipinski definition) is 6. The number of anilines is 1. The lowest BCUT2D eigenvalue weighted by Crippen LogP contribution is -2.31. The molecule has 1 aromatic carbocycles. The van der Waals surface area contributed by atoms with Crippen LogP contribution in [0, 0.1) is 0 Å². The van der Waals surface area contributed by atoms with E-state index in [-0.39, 0.29) is 22.9 Å². The number of aromatic nitrogens is 1. The molecule has 1 atom stereocenters. The zero-order chi connectivity index (χ0) is 17.3. The zero-order valence-electron chi connectivity index (χ0n) is 12.1. The lowest BCUT2D eigenvalue weighted by atomic mass is 10.3. The van der Waals surface area contributed by atoms with Crippen molar-refractivity contribution in [3.63, 3.8) is 0 Å². The van der Waals surface area contributed by atoms with Crippen LogP contribution < -0.4 is 10.0 Å². The van der Waals surface area contributed by atoms with Crippen LogP contribution in [0.5, 0.6) is 0 Å². The minimum absolute atomic E-state index is 0.0326. The lowest BCUT2D eigenvalue weighted by Gasteiger charge is -2.15. The van der Waals surface area contributed by atoms with E-state index in [1.165, 1.54) is 18.3 Å². The van der Waals surface area contributed by atoms with Crippen molar-refractivity contribution in [1.82, 2.24) is 4.98 Å². The molecule has 1 aliphatic heterocycles. The average molecular weight is 362 g/mol. The van der Waals surface area contributed by atoms with Crippen molar-refractivity contribution in [2.24, 2.45) is 0 Å². The van der Waals surface area contributed by atoms with Crippen molar-refractivity contribution in [2.45, 2.75) is 16.7 Å². The highest BCUT2D eigenvalue weighted by Crippen LogP contribution is 2.34. The third-order valence-corrected chi connectivity index (χ3v) is 4.89. The van der Waals surface area contributed by atoms with Gasteiger partial charge in [0.25, 0.3) is 0 Å². The van der Waals surface area contributed by atoms with Crippen molar-refractivity contribution >= 4 is 46.8 Å². The molecule has 2 amide bonds. The van der Waals surface area contributed by atoms with Crippen LogP contribution in [0.25, 0.3) is 0 Å². The van der Waals surface area contributed by atoms with Crippen LogP contribution in [-0.2, 0) is 9.59 Å². The molecule has 0 unspecified atom stereocenters. The van der Waals surface area contributed by atoms with E-state index in [0.717, 1.165) is 16.7 Å². The maximum absolute atomic E-state index is 12.5. The van der Waals surface area contributed by atoms with Gasteiger partial charge in [-0.2, -0.15) is 0 Å². The fourth-order valence-corrected chi connectivity index (χ4v) is 3.56. The molecule has 3 rings (SSSR count). The number of nitrogens with zero attached hydrogens (tertiary/aromatic N) is 2. The first-order chi connectivity index (χ1) is 11.5. The van der Waals surface area contributed by atoms with Crippen LogP contribution in [-0.4, -0.2) is 28.0 Å². The highest BCUT2D eigenvalue weighted by molar-refractivity contribution is 8.00. The number of thioether (sulfide) groups is 1. The fraction of sp³-hybridized carbons (Fsp3) is 0.125. The second-order valence-corrected chi connectivity index (χ2v) is 6.63. The van der Waals surface area contributed by atoms with Crippen LogP contribution in [0.15, 0.2) is 47.6 Å². The Labute approximate surface area is 146 Å². The molecule has 8 heteroatoms. The second kappa shape index (κ2) is 6.62. The van der Waals surface area contributed by atoms with E-state index in [4.69, 9.17) is 11.6 Å². The number of imide groups is 1. The third kappa shape index (κ3) is 3.13. The summed E-state index contributed by atoms with van der Waals surface area (Å²) >= 11 is 6.76. The Morgan fingerprint density at radius 1 is 1.25 bits per heavy atom. The zero-order valence-corrected chi connectivity index (χ0v) is 13.7. The summed E-state index contributed by atoms with van der Waals surface area (Å²) in [6.45, 7) is 0. The number of carboxylic acid groups (broad SMARTS) is 1. The Bertz CT molecular complexity index is 825. The van der Waals surface area contributed by atoms with Gasteiger partial charge in [-0.1, -0.05) is 23.4 Å². The second-order valence-electron chi connectivity index (χ2n) is 5.00. The molecule has 24 heavy (non-hydrogen) atoms. The van der Waals surface area contributed by atoms with Gasteiger partial charge in [-0.3, -0.25) is 9.59 Å². The van der Waals surface area contributed by atoms with E-state index >= 15 is 0 Å². The Kier molecular flexibility index (Phi) is 4.55. The SMILES string of the molecule is O=C([O-])c1cccnc1S[C@@H]1CC(=O)N(c2ccc(Cl)cc2)C1=O. The van der Waals surface area contributed by atoms with Crippen molar-refractivity contribution in [3.8, 4) is 0 Å². The van der Waals surface area contributed by atoms with E-state index in [1.54, 1.807) is 24.3 Å². The molecule has 1 fully saturated rings. The molecule has 0 N–H and O–H groups in total. The summed E-state index contributed by atoms with van der Waals surface area (Å²) in [5.41, 5.74) is 0.325. The topological polar surface area (TPSA) is 90.4 Å². The standard InChI is InChI=1S/C16H11ClN2O4S/c17-9-3-5-10(6-4-9)19-13(20)8-12(15(19)21)24-14-11(16(22)23)2-1-7-18-14/h1-7,12H,8H2,(H,22,23)/p-1/t12-/m1/s1. The normalized spacial score (nSPS) is 17.4. The first-order valence-electron chi connectivity index (χ1n) is 6.93. The molecule has 2 aromatic rings. The number of aromatic carboxylic acids is 1. The summed E-state index contributed by atoms with van der Waals surface area (Å²) in [5.74, 6) is -2.15. The maximum atomic E-state index is 12.5. The van der Waals surface area contributed by atoms with Gasteiger partial charge in [-0.15, -0.1) is 0 Å². The molecule has 1 aromatic heterocycles. The van der Waals surface area contributed by atoms with Gasteiger partial charge in [0.2, 0.25) is 11.8 Å². The quantitative estimate of drug-likeness (QED) is 0.767. The number of amides is 2. The van der Waals surface area contributed by atoms with E-state index in [0.29, 0.717) is 10.7 Å². The Morgan fingerprint density at radius 3 is 2.62 bits per heavy atom. The number of benzene rings is 1. The molecule has 2 heterocycles. The van der Waals surface area contributed by atoms with Crippen molar-refractivity contribution in [1.29, 1.82) is 0 Å². The highest BCUT2D eigenvalue weighted by atomic mass is 35.5. The largest absolute Gasteiger partial charge is 0.545 e. The fourth-order valence-electron chi connectivity index (χ4n) is 2.33. The van der Waals surface area contributed by atoms with E-state index in [1.807, 2.05) is 0 Å². The summed E-state index contributed by atoms with van der Waals surface area (Å²) in [6.07, 6.45) is 1.39. The highest BCUT2D eigenvalue weighted by Gasteiger charge is 2.40. The number of pyridine rings is 1. The minimum Gasteiger partial charge on any atom is -0.545 e. The van der Waals surface area contributed by atoms with Crippen molar-refractivity contribution < 1.29 is 19.5 Å². The van der Waals surface area contributed by atoms with Gasteiger partial charge in [0.05, 0.1) is 16.9 Å². The molecule has 1 aliphatic rings. The number of rotatable bonds is 4. The van der Waals surface area contributed by atoms with Gasteiger partial charge in [-0.05, 0) is 36.4 Å². The van der Waals surface area contributed by atoms with Gasteiger partial charge < -0.3 is 9.90 Å². The predicted octanol–water partition coefficient (Wildman–Crippen LogP) is 1.52. The van der Waals surface area contributed by atoms with Crippen molar-refractivity contribution in [3.05, 3.63) is 53.2 Å². The lowest BCUT2D eigenvalue weighted by molar-refractivity contribution is -0.255. The number of carbonyl (C=O) groups excluding carboxylic acids is 3. The van der Waals surface area contributed by atoms with Gasteiger partial charge in [0, 0.05) is 23.2 Å². The predicted molar refractivity (Wildman–Crippen MR) is 86.8 cm³/mol. The number of hydrogen-bond donors (Lipinski definition) is 0. The summed E-state index contributed by atoms with van der Waals surface area (Å²) in [5, 5.41) is 11.0. The first kappa shape index (κ1) is 16.5. The molecule has 0 saturated carbocycles. The van der Waals surface area contributed by atoms with Crippen LogP contribution in [0.2, 0.25) is 5.02 Å². The molecule has 0 radical (unpaired) electrons. The summed E-state index contributed by atoms with van der Waals surface area (Å²) in [4.78, 5) is 40.9. The number of carbonyl (C=O) groups is 3. The molecular weight excluding hydrogens is 352 g/mol. The third-order valence-electron chi connectivity index (χ3n) is 3.44. The summed E-state index contributed by atoms with van der Waals surface area (Å²) in [6, 6.07) is 9.16. The van der Waals surface area contributed by atoms with Gasteiger partial charge in [0.15, 0.2) is 0 Å². The maximum Gasteiger partial charge on any atom is 0.247 e. The summed E-state index contributed by atoms with van der Waals surface area (Å²) < 4.78 is 0. The van der Waals surface area contributed by atoms with Crippen LogP contribution in [0.3, 0.4) is 0 Å². The molecule has 0 aliphatic carbocycles. The molecule has 0 spiro atoms. The monoisotopic (exact) mass is 361 g/mol. The van der Waals surface area contributed by atoms with Crippen molar-refractivity contribution in [2.75, 3.05) is 4.90 Å². The van der Waals surface area contributed by atoms with Gasteiger partial charge >= 0.3 is 0 Å². The summed E-state index contributed by atoms with van der Waals surface area (Å²) in [7, 11) is 0. The first-order valence-corrected chi connectivity index (χ1v) is 8.18. The molecule has 1 saturated heterocycles. The minimum atomic E-state index is -1.38. The number of halogens is 1. The Balaban J connectivity index is 1.85. The Morgan fingerprint density at radius 2 is 1.96 bits per heavy atom. The van der Waals surface area contributed by atoms with Gasteiger partial charge in [-0.25, -0.2) is 9.88 Å². The van der Waals surface area contributed by atoms with E-state index in [2.05, 4.69) is 4.98 Å². The Hall–Kier alpha value is -2.38. The van der Waals surface area contributed by atoms with Crippen LogP contribution in [0.4, 0.5) is 5.69 Å². The smallest absolute Gasteiger partial charge is 0.247 e.